The molecule has 0 aromatic carbocycles. The van der Waals surface area contributed by atoms with Crippen molar-refractivity contribution in [3.63, 3.8) is 0 Å². The lowest BCUT2D eigenvalue weighted by atomic mass is 9.93. The minimum absolute atomic E-state index is 0.0417. The molecule has 1 heterocycles. The van der Waals surface area contributed by atoms with Crippen LogP contribution >= 0.6 is 0 Å². The summed E-state index contributed by atoms with van der Waals surface area (Å²) in [6.45, 7) is 12.0. The molecule has 1 rings (SSSR count). The second-order valence-electron chi connectivity index (χ2n) is 6.89. The van der Waals surface area contributed by atoms with E-state index in [9.17, 15) is 4.79 Å². The molecule has 1 amide bonds. The molecule has 0 aliphatic carbocycles. The fourth-order valence-corrected chi connectivity index (χ4v) is 2.20. The lowest BCUT2D eigenvalue weighted by Gasteiger charge is -2.27. The molecule has 0 spiro atoms. The topological polar surface area (TPSA) is 55.6 Å². The van der Waals surface area contributed by atoms with Gasteiger partial charge < -0.3 is 15.4 Å². The SMILES string of the molecule is CC1(C)CC(CCCN)CN1C=O.COC(C)(C)C. The molecule has 1 atom stereocenters. The summed E-state index contributed by atoms with van der Waals surface area (Å²) < 4.78 is 4.94. The number of ether oxygens (including phenoxy) is 1. The minimum atomic E-state index is 0.0417. The molecule has 0 radical (unpaired) electrons. The number of nitrogens with two attached hydrogens (primary N) is 1. The van der Waals surface area contributed by atoms with Gasteiger partial charge in [-0.1, -0.05) is 0 Å². The Hall–Kier alpha value is -0.610. The second kappa shape index (κ2) is 7.85. The van der Waals surface area contributed by atoms with Crippen LogP contribution in [0.4, 0.5) is 0 Å². The van der Waals surface area contributed by atoms with Crippen LogP contribution < -0.4 is 5.73 Å². The summed E-state index contributed by atoms with van der Waals surface area (Å²) >= 11 is 0. The van der Waals surface area contributed by atoms with Crippen molar-refractivity contribution < 1.29 is 9.53 Å². The summed E-state index contributed by atoms with van der Waals surface area (Å²) in [4.78, 5) is 12.7. The average molecular weight is 272 g/mol. The van der Waals surface area contributed by atoms with Gasteiger partial charge in [-0.25, -0.2) is 0 Å². The molecule has 0 saturated carbocycles. The van der Waals surface area contributed by atoms with Crippen molar-refractivity contribution >= 4 is 6.41 Å². The Morgan fingerprint density at radius 3 is 2.26 bits per heavy atom. The van der Waals surface area contributed by atoms with Crippen LogP contribution in [0.5, 0.6) is 0 Å². The van der Waals surface area contributed by atoms with Gasteiger partial charge in [0.15, 0.2) is 0 Å². The van der Waals surface area contributed by atoms with Crippen molar-refractivity contribution in [2.24, 2.45) is 11.7 Å². The molecule has 1 saturated heterocycles. The van der Waals surface area contributed by atoms with E-state index < -0.39 is 0 Å². The van der Waals surface area contributed by atoms with Crippen molar-refractivity contribution in [3.05, 3.63) is 0 Å². The maximum atomic E-state index is 10.7. The van der Waals surface area contributed by atoms with Crippen LogP contribution in [0.2, 0.25) is 0 Å². The first kappa shape index (κ1) is 18.4. The number of amides is 1. The van der Waals surface area contributed by atoms with E-state index in [0.717, 1.165) is 38.8 Å². The predicted octanol–water partition coefficient (Wildman–Crippen LogP) is 2.41. The van der Waals surface area contributed by atoms with Crippen LogP contribution in [-0.2, 0) is 9.53 Å². The first-order valence-corrected chi connectivity index (χ1v) is 7.13. The smallest absolute Gasteiger partial charge is 0.210 e. The highest BCUT2D eigenvalue weighted by Gasteiger charge is 2.36. The Labute approximate surface area is 118 Å². The number of hydrogen-bond donors (Lipinski definition) is 1. The lowest BCUT2D eigenvalue weighted by Crippen LogP contribution is -2.36. The molecule has 114 valence electrons. The average Bonchev–Trinajstić information content (AvgIpc) is 2.61. The summed E-state index contributed by atoms with van der Waals surface area (Å²) in [5, 5.41) is 0. The van der Waals surface area contributed by atoms with Gasteiger partial charge in [0.05, 0.1) is 5.60 Å². The largest absolute Gasteiger partial charge is 0.379 e. The van der Waals surface area contributed by atoms with Crippen LogP contribution in [0.15, 0.2) is 0 Å². The van der Waals surface area contributed by atoms with Crippen LogP contribution in [0.25, 0.3) is 0 Å². The van der Waals surface area contributed by atoms with E-state index in [0.29, 0.717) is 5.92 Å². The van der Waals surface area contributed by atoms with Crippen molar-refractivity contribution in [1.82, 2.24) is 4.90 Å². The molecule has 0 aromatic heterocycles. The summed E-state index contributed by atoms with van der Waals surface area (Å²) in [5.41, 5.74) is 5.56. The zero-order valence-electron chi connectivity index (χ0n) is 13.5. The highest BCUT2D eigenvalue weighted by Crippen LogP contribution is 2.33. The highest BCUT2D eigenvalue weighted by molar-refractivity contribution is 5.49. The summed E-state index contributed by atoms with van der Waals surface area (Å²) in [6, 6.07) is 0. The zero-order valence-corrected chi connectivity index (χ0v) is 13.5. The van der Waals surface area contributed by atoms with Gasteiger partial charge in [0, 0.05) is 19.2 Å². The molecule has 1 aliphatic rings. The Morgan fingerprint density at radius 1 is 1.42 bits per heavy atom. The highest BCUT2D eigenvalue weighted by atomic mass is 16.5. The Bertz CT molecular complexity index is 259. The third-order valence-corrected chi connectivity index (χ3v) is 3.58. The number of carbonyl (C=O) groups is 1. The second-order valence-corrected chi connectivity index (χ2v) is 6.89. The molecule has 19 heavy (non-hydrogen) atoms. The number of rotatable bonds is 4. The van der Waals surface area contributed by atoms with Gasteiger partial charge in [-0.2, -0.15) is 0 Å². The third-order valence-electron chi connectivity index (χ3n) is 3.58. The minimum Gasteiger partial charge on any atom is -0.379 e. The molecule has 0 bridgehead atoms. The van der Waals surface area contributed by atoms with Gasteiger partial charge >= 0.3 is 0 Å². The van der Waals surface area contributed by atoms with Gasteiger partial charge in [0.1, 0.15) is 0 Å². The third kappa shape index (κ3) is 7.53. The Balaban J connectivity index is 0.000000459. The van der Waals surface area contributed by atoms with E-state index in [1.165, 1.54) is 0 Å². The fraction of sp³-hybridized carbons (Fsp3) is 0.933. The molecular formula is C15H32N2O2. The normalized spacial score (nSPS) is 21.8. The van der Waals surface area contributed by atoms with Crippen LogP contribution in [0, 0.1) is 5.92 Å². The monoisotopic (exact) mass is 272 g/mol. The van der Waals surface area contributed by atoms with Crippen molar-refractivity contribution in [3.8, 4) is 0 Å². The van der Waals surface area contributed by atoms with E-state index in [-0.39, 0.29) is 11.1 Å². The van der Waals surface area contributed by atoms with Gasteiger partial charge in [-0.05, 0) is 66.3 Å². The van der Waals surface area contributed by atoms with E-state index in [4.69, 9.17) is 10.5 Å². The zero-order chi connectivity index (χ0) is 15.1. The number of methoxy groups -OCH3 is 1. The lowest BCUT2D eigenvalue weighted by molar-refractivity contribution is -0.120. The number of nitrogens with zero attached hydrogens (tertiary/aromatic N) is 1. The van der Waals surface area contributed by atoms with Crippen molar-refractivity contribution in [1.29, 1.82) is 0 Å². The fourth-order valence-electron chi connectivity index (χ4n) is 2.20. The molecule has 0 aromatic rings. The van der Waals surface area contributed by atoms with Gasteiger partial charge in [-0.3, -0.25) is 4.79 Å². The van der Waals surface area contributed by atoms with Crippen LogP contribution in [0.3, 0.4) is 0 Å². The Morgan fingerprint density at radius 2 is 1.95 bits per heavy atom. The van der Waals surface area contributed by atoms with E-state index in [2.05, 4.69) is 13.8 Å². The van der Waals surface area contributed by atoms with Crippen LogP contribution in [0.1, 0.15) is 53.9 Å². The maximum absolute atomic E-state index is 10.7. The summed E-state index contributed by atoms with van der Waals surface area (Å²) in [7, 11) is 1.71. The van der Waals surface area contributed by atoms with Crippen LogP contribution in [-0.4, -0.2) is 42.6 Å². The first-order chi connectivity index (χ1) is 8.66. The first-order valence-electron chi connectivity index (χ1n) is 7.13. The maximum Gasteiger partial charge on any atom is 0.210 e. The molecule has 1 fully saturated rings. The molecule has 2 N–H and O–H groups in total. The predicted molar refractivity (Wildman–Crippen MR) is 80.0 cm³/mol. The summed E-state index contributed by atoms with van der Waals surface area (Å²) in [6.07, 6.45) is 4.33. The summed E-state index contributed by atoms with van der Waals surface area (Å²) in [5.74, 6) is 0.656. The molecule has 1 unspecified atom stereocenters. The van der Waals surface area contributed by atoms with Gasteiger partial charge in [0.2, 0.25) is 6.41 Å². The number of likely N-dealkylation sites (tertiary alicyclic amines) is 1. The van der Waals surface area contributed by atoms with Gasteiger partial charge in [-0.15, -0.1) is 0 Å². The van der Waals surface area contributed by atoms with Crippen molar-refractivity contribution in [2.75, 3.05) is 20.2 Å². The van der Waals surface area contributed by atoms with Crippen molar-refractivity contribution in [2.45, 2.75) is 65.0 Å². The standard InChI is InChI=1S/C10H20N2O.C5H12O/c1-10(2)6-9(4-3-5-11)7-12(10)8-13;1-5(2,3)6-4/h8-9H,3-7,11H2,1-2H3;1-4H3. The molecule has 1 aliphatic heterocycles. The van der Waals surface area contributed by atoms with Gasteiger partial charge in [0.25, 0.3) is 0 Å². The number of hydrogen-bond acceptors (Lipinski definition) is 3. The van der Waals surface area contributed by atoms with E-state index in [1.807, 2.05) is 25.7 Å². The number of carbonyl (C=O) groups excluding carboxylic acids is 1. The molecule has 4 heteroatoms. The quantitative estimate of drug-likeness (QED) is 0.800. The molecule has 4 nitrogen and oxygen atoms in total. The van der Waals surface area contributed by atoms with E-state index in [1.54, 1.807) is 7.11 Å². The molecular weight excluding hydrogens is 240 g/mol. The van der Waals surface area contributed by atoms with E-state index >= 15 is 0 Å². The Kier molecular flexibility index (Phi) is 7.60.